The van der Waals surface area contributed by atoms with Crippen LogP contribution in [0.3, 0.4) is 0 Å². The Balaban J connectivity index is 4.42. The van der Waals surface area contributed by atoms with Gasteiger partial charge in [0.1, 0.15) is 6.10 Å². The predicted molar refractivity (Wildman–Crippen MR) is 72.6 cm³/mol. The quantitative estimate of drug-likeness (QED) is 0.632. The van der Waals surface area contributed by atoms with E-state index in [-0.39, 0.29) is 24.2 Å². The van der Waals surface area contributed by atoms with E-state index in [0.29, 0.717) is 6.61 Å². The van der Waals surface area contributed by atoms with E-state index in [2.05, 4.69) is 13.8 Å². The first kappa shape index (κ1) is 17.8. The predicted octanol–water partition coefficient (Wildman–Crippen LogP) is 1.98. The standard InChI is InChI=1S/C14H30O4/c1-6-7-8-14(4,11(2)16)12(3)18-10-13(9-15)17-5/h11-13,15-16H,6-10H2,1-5H3. The Labute approximate surface area is 111 Å². The second-order valence-electron chi connectivity index (χ2n) is 5.30. The number of aliphatic hydroxyl groups excluding tert-OH is 2. The van der Waals surface area contributed by atoms with Crippen LogP contribution in [0, 0.1) is 5.41 Å². The highest BCUT2D eigenvalue weighted by Gasteiger charge is 2.36. The number of ether oxygens (including phenoxy) is 2. The third-order valence-corrected chi connectivity index (χ3v) is 4.02. The molecule has 18 heavy (non-hydrogen) atoms. The maximum atomic E-state index is 9.99. The van der Waals surface area contributed by atoms with Crippen molar-refractivity contribution in [3.8, 4) is 0 Å². The number of hydrogen-bond acceptors (Lipinski definition) is 4. The van der Waals surface area contributed by atoms with E-state index < -0.39 is 6.10 Å². The fourth-order valence-corrected chi connectivity index (χ4v) is 1.95. The van der Waals surface area contributed by atoms with E-state index in [1.807, 2.05) is 13.8 Å². The van der Waals surface area contributed by atoms with Crippen molar-refractivity contribution in [1.29, 1.82) is 0 Å². The van der Waals surface area contributed by atoms with Crippen molar-refractivity contribution < 1.29 is 19.7 Å². The minimum atomic E-state index is -0.422. The Morgan fingerprint density at radius 1 is 1.28 bits per heavy atom. The van der Waals surface area contributed by atoms with Crippen molar-refractivity contribution >= 4 is 0 Å². The Hall–Kier alpha value is -0.160. The van der Waals surface area contributed by atoms with Gasteiger partial charge in [0.05, 0.1) is 25.4 Å². The van der Waals surface area contributed by atoms with Crippen molar-refractivity contribution in [1.82, 2.24) is 0 Å². The molecule has 0 rings (SSSR count). The molecule has 0 aliphatic heterocycles. The fourth-order valence-electron chi connectivity index (χ4n) is 1.95. The zero-order valence-corrected chi connectivity index (χ0v) is 12.5. The number of hydrogen-bond donors (Lipinski definition) is 2. The summed E-state index contributed by atoms with van der Waals surface area (Å²) in [6, 6.07) is 0. The van der Waals surface area contributed by atoms with Crippen LogP contribution in [0.2, 0.25) is 0 Å². The molecular weight excluding hydrogens is 232 g/mol. The van der Waals surface area contributed by atoms with Gasteiger partial charge in [0.15, 0.2) is 0 Å². The average Bonchev–Trinajstić information content (AvgIpc) is 2.36. The molecule has 0 amide bonds. The summed E-state index contributed by atoms with van der Waals surface area (Å²) in [5, 5.41) is 19.0. The number of aliphatic hydroxyl groups is 2. The molecular formula is C14H30O4. The lowest BCUT2D eigenvalue weighted by atomic mass is 9.76. The molecule has 0 fully saturated rings. The zero-order valence-electron chi connectivity index (χ0n) is 12.5. The van der Waals surface area contributed by atoms with Crippen LogP contribution in [-0.2, 0) is 9.47 Å². The molecule has 0 bridgehead atoms. The van der Waals surface area contributed by atoms with Crippen molar-refractivity contribution in [2.45, 2.75) is 65.3 Å². The van der Waals surface area contributed by atoms with Gasteiger partial charge in [0, 0.05) is 12.5 Å². The third kappa shape index (κ3) is 5.22. The van der Waals surface area contributed by atoms with Gasteiger partial charge in [-0.25, -0.2) is 0 Å². The minimum Gasteiger partial charge on any atom is -0.394 e. The van der Waals surface area contributed by atoms with Crippen LogP contribution >= 0.6 is 0 Å². The van der Waals surface area contributed by atoms with Gasteiger partial charge in [0.2, 0.25) is 0 Å². The number of methoxy groups -OCH3 is 1. The van der Waals surface area contributed by atoms with Crippen molar-refractivity contribution in [2.75, 3.05) is 20.3 Å². The van der Waals surface area contributed by atoms with Crippen molar-refractivity contribution in [3.05, 3.63) is 0 Å². The summed E-state index contributed by atoms with van der Waals surface area (Å²) < 4.78 is 10.8. The van der Waals surface area contributed by atoms with Crippen molar-refractivity contribution in [2.24, 2.45) is 5.41 Å². The van der Waals surface area contributed by atoms with E-state index in [1.54, 1.807) is 7.11 Å². The first-order chi connectivity index (χ1) is 8.42. The summed E-state index contributed by atoms with van der Waals surface area (Å²) >= 11 is 0. The average molecular weight is 262 g/mol. The molecule has 4 heteroatoms. The lowest BCUT2D eigenvalue weighted by Gasteiger charge is -2.38. The highest BCUT2D eigenvalue weighted by atomic mass is 16.5. The van der Waals surface area contributed by atoms with Crippen LogP contribution in [0.4, 0.5) is 0 Å². The highest BCUT2D eigenvalue weighted by Crippen LogP contribution is 2.34. The van der Waals surface area contributed by atoms with Gasteiger partial charge < -0.3 is 19.7 Å². The molecule has 0 aliphatic carbocycles. The van der Waals surface area contributed by atoms with Gasteiger partial charge in [-0.1, -0.05) is 26.7 Å². The summed E-state index contributed by atoms with van der Waals surface area (Å²) in [6.45, 7) is 8.29. The first-order valence-corrected chi connectivity index (χ1v) is 6.85. The van der Waals surface area contributed by atoms with Gasteiger partial charge in [-0.05, 0) is 20.3 Å². The van der Waals surface area contributed by atoms with Crippen LogP contribution in [0.5, 0.6) is 0 Å². The van der Waals surface area contributed by atoms with Gasteiger partial charge in [-0.2, -0.15) is 0 Å². The van der Waals surface area contributed by atoms with Crippen LogP contribution in [0.15, 0.2) is 0 Å². The first-order valence-electron chi connectivity index (χ1n) is 6.85. The minimum absolute atomic E-state index is 0.0520. The second kappa shape index (κ2) is 8.86. The lowest BCUT2D eigenvalue weighted by molar-refractivity contribution is -0.113. The Kier molecular flexibility index (Phi) is 8.78. The van der Waals surface area contributed by atoms with Gasteiger partial charge in [-0.3, -0.25) is 0 Å². The molecule has 0 aliphatic rings. The number of rotatable bonds is 10. The molecule has 0 saturated carbocycles. The molecule has 110 valence electrons. The second-order valence-corrected chi connectivity index (χ2v) is 5.30. The highest BCUT2D eigenvalue weighted by molar-refractivity contribution is 4.85. The smallest absolute Gasteiger partial charge is 0.103 e. The summed E-state index contributed by atoms with van der Waals surface area (Å²) in [4.78, 5) is 0. The molecule has 0 spiro atoms. The molecule has 4 atom stereocenters. The molecule has 2 N–H and O–H groups in total. The Bertz CT molecular complexity index is 204. The summed E-state index contributed by atoms with van der Waals surface area (Å²) in [5.41, 5.74) is -0.260. The van der Waals surface area contributed by atoms with Gasteiger partial charge in [0.25, 0.3) is 0 Å². The topological polar surface area (TPSA) is 58.9 Å². The van der Waals surface area contributed by atoms with E-state index in [4.69, 9.17) is 14.6 Å². The van der Waals surface area contributed by atoms with Gasteiger partial charge in [-0.15, -0.1) is 0 Å². The van der Waals surface area contributed by atoms with Gasteiger partial charge >= 0.3 is 0 Å². The van der Waals surface area contributed by atoms with E-state index in [1.165, 1.54) is 0 Å². The lowest BCUT2D eigenvalue weighted by Crippen LogP contribution is -2.42. The van der Waals surface area contributed by atoms with E-state index >= 15 is 0 Å². The summed E-state index contributed by atoms with van der Waals surface area (Å²) in [5.74, 6) is 0. The molecule has 0 saturated heterocycles. The van der Waals surface area contributed by atoms with Crippen LogP contribution < -0.4 is 0 Å². The molecule has 4 nitrogen and oxygen atoms in total. The number of unbranched alkanes of at least 4 members (excludes halogenated alkanes) is 1. The van der Waals surface area contributed by atoms with Crippen molar-refractivity contribution in [3.63, 3.8) is 0 Å². The maximum absolute atomic E-state index is 9.99. The summed E-state index contributed by atoms with van der Waals surface area (Å²) in [6.07, 6.45) is 2.31. The van der Waals surface area contributed by atoms with Crippen LogP contribution in [-0.4, -0.2) is 48.8 Å². The third-order valence-electron chi connectivity index (χ3n) is 4.02. The molecule has 0 aromatic heterocycles. The van der Waals surface area contributed by atoms with E-state index in [0.717, 1.165) is 19.3 Å². The van der Waals surface area contributed by atoms with Crippen LogP contribution in [0.25, 0.3) is 0 Å². The van der Waals surface area contributed by atoms with E-state index in [9.17, 15) is 5.11 Å². The Morgan fingerprint density at radius 3 is 2.28 bits per heavy atom. The zero-order chi connectivity index (χ0) is 14.2. The summed E-state index contributed by atoms with van der Waals surface area (Å²) in [7, 11) is 1.56. The normalized spacial score (nSPS) is 20.2. The Morgan fingerprint density at radius 2 is 1.89 bits per heavy atom. The SMILES string of the molecule is CCCCC(C)(C(C)O)C(C)OCC(CO)OC. The molecule has 0 aromatic rings. The molecule has 0 radical (unpaired) electrons. The maximum Gasteiger partial charge on any atom is 0.103 e. The van der Waals surface area contributed by atoms with Crippen LogP contribution in [0.1, 0.15) is 47.0 Å². The fraction of sp³-hybridized carbons (Fsp3) is 1.00. The monoisotopic (exact) mass is 262 g/mol. The molecule has 0 heterocycles. The molecule has 0 aromatic carbocycles. The molecule has 4 unspecified atom stereocenters. The largest absolute Gasteiger partial charge is 0.394 e.